The number of pyridine rings is 1. The SMILES string of the molecule is CNC1CCCCC1[N+](C)(C)c1nc(Nc2cc(F)cc(Cl)c2)c(C(N)=O)cc1F. The number of quaternary nitrogens is 1. The van der Waals surface area contributed by atoms with Gasteiger partial charge in [0.25, 0.3) is 11.7 Å². The summed E-state index contributed by atoms with van der Waals surface area (Å²) in [5.74, 6) is -1.77. The largest absolute Gasteiger partial charge is 0.365 e. The first-order valence-corrected chi connectivity index (χ1v) is 10.3. The van der Waals surface area contributed by atoms with E-state index >= 15 is 4.39 Å². The molecule has 3 rings (SSSR count). The number of hydrogen-bond acceptors (Lipinski definition) is 4. The standard InChI is InChI=1S/C21H26ClF2N5O/c1-26-17-6-4-5-7-18(17)29(2,3)21-16(24)11-15(19(25)30)20(28-21)27-14-9-12(22)8-13(23)10-14/h8-11,17-18,26H,4-7H2,1-3H3,(H2-,25,27,28,30)/p+1. The average Bonchev–Trinajstić information content (AvgIpc) is 2.67. The molecule has 1 aliphatic carbocycles. The Kier molecular flexibility index (Phi) is 6.59. The minimum atomic E-state index is -0.839. The molecule has 1 heterocycles. The first-order valence-electron chi connectivity index (χ1n) is 9.88. The summed E-state index contributed by atoms with van der Waals surface area (Å²) in [6.07, 6.45) is 4.08. The molecule has 0 radical (unpaired) electrons. The van der Waals surface area contributed by atoms with E-state index in [9.17, 15) is 9.18 Å². The van der Waals surface area contributed by atoms with Crippen molar-refractivity contribution >= 4 is 34.8 Å². The Morgan fingerprint density at radius 2 is 1.90 bits per heavy atom. The Bertz CT molecular complexity index is 933. The maximum atomic E-state index is 15.1. The Labute approximate surface area is 180 Å². The van der Waals surface area contributed by atoms with Crippen LogP contribution in [0.25, 0.3) is 0 Å². The minimum Gasteiger partial charge on any atom is -0.365 e. The lowest BCUT2D eigenvalue weighted by molar-refractivity contribution is 0.1000. The van der Waals surface area contributed by atoms with Crippen molar-refractivity contribution in [2.24, 2.45) is 5.73 Å². The van der Waals surface area contributed by atoms with E-state index in [-0.39, 0.29) is 44.5 Å². The van der Waals surface area contributed by atoms with Gasteiger partial charge in [-0.1, -0.05) is 18.0 Å². The average molecular weight is 439 g/mol. The van der Waals surface area contributed by atoms with Gasteiger partial charge in [0.1, 0.15) is 17.7 Å². The molecule has 2 aromatic rings. The molecule has 4 N–H and O–H groups in total. The predicted molar refractivity (Wildman–Crippen MR) is 116 cm³/mol. The van der Waals surface area contributed by atoms with Crippen LogP contribution in [-0.4, -0.2) is 44.1 Å². The van der Waals surface area contributed by atoms with Gasteiger partial charge in [0.15, 0.2) is 0 Å². The van der Waals surface area contributed by atoms with Gasteiger partial charge < -0.3 is 16.4 Å². The molecule has 1 amide bonds. The summed E-state index contributed by atoms with van der Waals surface area (Å²) in [7, 11) is 5.71. The van der Waals surface area contributed by atoms with Crippen molar-refractivity contribution in [2.45, 2.75) is 37.8 Å². The van der Waals surface area contributed by atoms with Crippen LogP contribution in [0, 0.1) is 11.6 Å². The number of amides is 1. The van der Waals surface area contributed by atoms with E-state index in [1.807, 2.05) is 21.1 Å². The lowest BCUT2D eigenvalue weighted by Crippen LogP contribution is -2.60. The number of likely N-dealkylation sites (N-methyl/N-ethyl adjacent to an activating group) is 2. The highest BCUT2D eigenvalue weighted by Gasteiger charge is 2.41. The third-order valence-corrected chi connectivity index (χ3v) is 6.04. The second-order valence-corrected chi connectivity index (χ2v) is 8.56. The Morgan fingerprint density at radius 3 is 2.53 bits per heavy atom. The maximum Gasteiger partial charge on any atom is 0.265 e. The van der Waals surface area contributed by atoms with Crippen molar-refractivity contribution in [3.05, 3.63) is 46.5 Å². The molecule has 9 heteroatoms. The van der Waals surface area contributed by atoms with Crippen LogP contribution in [0.5, 0.6) is 0 Å². The molecule has 1 saturated carbocycles. The van der Waals surface area contributed by atoms with Crippen LogP contribution in [0.15, 0.2) is 24.3 Å². The topological polar surface area (TPSA) is 80.0 Å². The molecule has 162 valence electrons. The fourth-order valence-corrected chi connectivity index (χ4v) is 4.53. The highest BCUT2D eigenvalue weighted by Crippen LogP contribution is 2.34. The number of nitrogens with one attached hydrogen (secondary N) is 2. The van der Waals surface area contributed by atoms with E-state index in [1.165, 1.54) is 12.1 Å². The quantitative estimate of drug-likeness (QED) is 0.596. The lowest BCUT2D eigenvalue weighted by atomic mass is 9.88. The number of aromatic nitrogens is 1. The summed E-state index contributed by atoms with van der Waals surface area (Å²) in [6.45, 7) is 0. The molecule has 30 heavy (non-hydrogen) atoms. The van der Waals surface area contributed by atoms with Gasteiger partial charge >= 0.3 is 0 Å². The lowest BCUT2D eigenvalue weighted by Gasteiger charge is -2.43. The Hall–Kier alpha value is -2.29. The molecule has 0 spiro atoms. The van der Waals surface area contributed by atoms with Crippen LogP contribution in [0.3, 0.4) is 0 Å². The number of benzene rings is 1. The fraction of sp³-hybridized carbons (Fsp3) is 0.429. The molecular weight excluding hydrogens is 412 g/mol. The van der Waals surface area contributed by atoms with Crippen molar-refractivity contribution in [3.63, 3.8) is 0 Å². The van der Waals surface area contributed by atoms with Crippen LogP contribution < -0.4 is 20.9 Å². The van der Waals surface area contributed by atoms with Crippen LogP contribution in [0.4, 0.5) is 26.1 Å². The number of hydrogen-bond donors (Lipinski definition) is 3. The Morgan fingerprint density at radius 1 is 1.20 bits per heavy atom. The van der Waals surface area contributed by atoms with Gasteiger partial charge in [-0.3, -0.25) is 9.28 Å². The summed E-state index contributed by atoms with van der Waals surface area (Å²) in [6, 6.07) is 5.25. The van der Waals surface area contributed by atoms with E-state index in [2.05, 4.69) is 15.6 Å². The number of nitrogens with two attached hydrogens (primary N) is 1. The summed E-state index contributed by atoms with van der Waals surface area (Å²) in [5.41, 5.74) is 5.60. The van der Waals surface area contributed by atoms with E-state index in [1.54, 1.807) is 0 Å². The summed E-state index contributed by atoms with van der Waals surface area (Å²) < 4.78 is 29.1. The zero-order valence-corrected chi connectivity index (χ0v) is 18.1. The number of carbonyl (C=O) groups is 1. The number of carbonyl (C=O) groups excluding carboxylic acids is 1. The molecule has 2 atom stereocenters. The van der Waals surface area contributed by atoms with Crippen LogP contribution in [-0.2, 0) is 0 Å². The number of halogens is 3. The molecule has 2 unspecified atom stereocenters. The number of primary amides is 1. The second kappa shape index (κ2) is 8.83. The number of nitrogens with zero attached hydrogens (tertiary/aromatic N) is 2. The van der Waals surface area contributed by atoms with Gasteiger partial charge in [-0.15, -0.1) is 0 Å². The summed E-state index contributed by atoms with van der Waals surface area (Å²) in [5, 5.41) is 6.39. The van der Waals surface area contributed by atoms with Gasteiger partial charge in [-0.05, 0) is 44.2 Å². The van der Waals surface area contributed by atoms with Crippen molar-refractivity contribution in [1.82, 2.24) is 14.8 Å². The minimum absolute atomic E-state index is 0.0589. The molecule has 6 nitrogen and oxygen atoms in total. The maximum absolute atomic E-state index is 15.1. The van der Waals surface area contributed by atoms with Gasteiger partial charge in [0.2, 0.25) is 5.82 Å². The fourth-order valence-electron chi connectivity index (χ4n) is 4.31. The first kappa shape index (κ1) is 22.4. The normalized spacial score (nSPS) is 19.5. The van der Waals surface area contributed by atoms with Crippen LogP contribution in [0.1, 0.15) is 36.0 Å². The molecular formula is C21H27ClF2N5O+. The third-order valence-electron chi connectivity index (χ3n) is 5.82. The predicted octanol–water partition coefficient (Wildman–Crippen LogP) is 3.95. The van der Waals surface area contributed by atoms with E-state index in [0.717, 1.165) is 37.8 Å². The van der Waals surface area contributed by atoms with Gasteiger partial charge in [-0.25, -0.2) is 4.39 Å². The monoisotopic (exact) mass is 438 g/mol. The van der Waals surface area contributed by atoms with Crippen molar-refractivity contribution in [1.29, 1.82) is 0 Å². The molecule has 1 aromatic carbocycles. The summed E-state index contributed by atoms with van der Waals surface area (Å²) in [4.78, 5) is 16.4. The van der Waals surface area contributed by atoms with Gasteiger partial charge in [0.05, 0.1) is 25.7 Å². The zero-order valence-electron chi connectivity index (χ0n) is 17.3. The van der Waals surface area contributed by atoms with Gasteiger partial charge in [0, 0.05) is 17.1 Å². The van der Waals surface area contributed by atoms with Crippen LogP contribution in [0.2, 0.25) is 5.02 Å². The molecule has 1 aliphatic rings. The highest BCUT2D eigenvalue weighted by molar-refractivity contribution is 6.30. The van der Waals surface area contributed by atoms with Crippen molar-refractivity contribution in [2.75, 3.05) is 26.5 Å². The van der Waals surface area contributed by atoms with Crippen molar-refractivity contribution in [3.8, 4) is 0 Å². The van der Waals surface area contributed by atoms with Gasteiger partial charge in [-0.2, -0.15) is 9.37 Å². The highest BCUT2D eigenvalue weighted by atomic mass is 35.5. The smallest absolute Gasteiger partial charge is 0.265 e. The molecule has 0 aliphatic heterocycles. The third kappa shape index (κ3) is 4.55. The zero-order chi connectivity index (χ0) is 22.1. The Balaban J connectivity index is 2.07. The van der Waals surface area contributed by atoms with E-state index < -0.39 is 17.5 Å². The van der Waals surface area contributed by atoms with Crippen LogP contribution >= 0.6 is 11.6 Å². The molecule has 0 bridgehead atoms. The molecule has 1 fully saturated rings. The number of rotatable bonds is 6. The second-order valence-electron chi connectivity index (χ2n) is 8.12. The summed E-state index contributed by atoms with van der Waals surface area (Å²) >= 11 is 5.92. The molecule has 1 aromatic heterocycles. The first-order chi connectivity index (χ1) is 14.1. The number of anilines is 2. The van der Waals surface area contributed by atoms with E-state index in [0.29, 0.717) is 0 Å². The molecule has 0 saturated heterocycles. The van der Waals surface area contributed by atoms with Crippen molar-refractivity contribution < 1.29 is 13.6 Å². The van der Waals surface area contributed by atoms with E-state index in [4.69, 9.17) is 17.3 Å².